The van der Waals surface area contributed by atoms with Crippen molar-refractivity contribution in [2.75, 3.05) is 0 Å². The van der Waals surface area contributed by atoms with Crippen LogP contribution in [0.4, 0.5) is 0 Å². The van der Waals surface area contributed by atoms with Gasteiger partial charge in [0.1, 0.15) is 6.61 Å². The van der Waals surface area contributed by atoms with Gasteiger partial charge in [0, 0.05) is 0 Å². The lowest BCUT2D eigenvalue weighted by atomic mass is 9.91. The predicted molar refractivity (Wildman–Crippen MR) is 124 cm³/mol. The maximum absolute atomic E-state index is 12.4. The van der Waals surface area contributed by atoms with Crippen molar-refractivity contribution in [3.63, 3.8) is 0 Å². The number of ether oxygens (including phenoxy) is 2. The molecule has 0 aliphatic heterocycles. The highest BCUT2D eigenvalue weighted by atomic mass is 127. The van der Waals surface area contributed by atoms with Gasteiger partial charge in [0.05, 0.1) is 23.7 Å². The summed E-state index contributed by atoms with van der Waals surface area (Å²) >= 11 is 4.14. The maximum atomic E-state index is 12.4. The highest BCUT2D eigenvalue weighted by molar-refractivity contribution is 14.1. The number of carbonyl (C=O) groups is 3. The molecule has 0 unspecified atom stereocenters. The standard InChI is InChI=1S/C21H20I2O6/c1-4-21(2,3)20(27)29-17-15(22)9-12(10-16(17)23)11-28-19(26)14-8-6-5-7-13(14)18(24)25/h5-10H,4,11H2,1-3H3,(H,24,25). The summed E-state index contributed by atoms with van der Waals surface area (Å²) in [4.78, 5) is 35.9. The molecule has 0 fully saturated rings. The van der Waals surface area contributed by atoms with Crippen LogP contribution in [0, 0.1) is 12.6 Å². The Labute approximate surface area is 196 Å². The van der Waals surface area contributed by atoms with Crippen molar-refractivity contribution in [1.29, 1.82) is 0 Å². The van der Waals surface area contributed by atoms with E-state index in [1.807, 2.05) is 20.8 Å². The fraction of sp³-hybridized carbons (Fsp3) is 0.286. The first-order valence-corrected chi connectivity index (χ1v) is 10.9. The van der Waals surface area contributed by atoms with Crippen LogP contribution >= 0.6 is 45.2 Å². The second kappa shape index (κ2) is 9.88. The van der Waals surface area contributed by atoms with Crippen LogP contribution in [0.3, 0.4) is 0 Å². The molecule has 2 rings (SSSR count). The van der Waals surface area contributed by atoms with E-state index < -0.39 is 17.4 Å². The minimum atomic E-state index is -1.19. The van der Waals surface area contributed by atoms with E-state index in [-0.39, 0.29) is 23.7 Å². The molecular weight excluding hydrogens is 602 g/mol. The molecule has 29 heavy (non-hydrogen) atoms. The summed E-state index contributed by atoms with van der Waals surface area (Å²) < 4.78 is 12.3. The fourth-order valence-electron chi connectivity index (χ4n) is 2.24. The summed E-state index contributed by atoms with van der Waals surface area (Å²) in [5.41, 5.74) is 0.00597. The monoisotopic (exact) mass is 622 g/mol. The van der Waals surface area contributed by atoms with E-state index in [2.05, 4.69) is 45.2 Å². The third-order valence-corrected chi connectivity index (χ3v) is 6.04. The SMILES string of the molecule is CCC(C)(C)C(=O)Oc1c(I)cc(COC(=O)c2ccccc2C(=O)O)cc1I. The molecule has 0 aliphatic rings. The van der Waals surface area contributed by atoms with Crippen LogP contribution in [0.1, 0.15) is 53.5 Å². The van der Waals surface area contributed by atoms with Crippen LogP contribution in [0.15, 0.2) is 36.4 Å². The van der Waals surface area contributed by atoms with Gasteiger partial charge in [-0.1, -0.05) is 19.1 Å². The average Bonchev–Trinajstić information content (AvgIpc) is 2.68. The largest absolute Gasteiger partial charge is 0.478 e. The number of aromatic carboxylic acids is 1. The third-order valence-electron chi connectivity index (χ3n) is 4.44. The van der Waals surface area contributed by atoms with Crippen LogP contribution < -0.4 is 4.74 Å². The average molecular weight is 622 g/mol. The van der Waals surface area contributed by atoms with Gasteiger partial charge in [-0.3, -0.25) is 4.79 Å². The number of halogens is 2. The molecule has 2 aromatic rings. The van der Waals surface area contributed by atoms with Crippen molar-refractivity contribution in [3.05, 3.63) is 60.2 Å². The highest BCUT2D eigenvalue weighted by Gasteiger charge is 2.29. The topological polar surface area (TPSA) is 89.9 Å². The van der Waals surface area contributed by atoms with Gasteiger partial charge in [-0.05, 0) is 95.3 Å². The Morgan fingerprint density at radius 2 is 1.59 bits per heavy atom. The molecule has 0 radical (unpaired) electrons. The summed E-state index contributed by atoms with van der Waals surface area (Å²) in [6.07, 6.45) is 0.658. The van der Waals surface area contributed by atoms with Crippen molar-refractivity contribution in [3.8, 4) is 5.75 Å². The highest BCUT2D eigenvalue weighted by Crippen LogP contribution is 2.32. The first-order chi connectivity index (χ1) is 13.6. The molecule has 6 nitrogen and oxygen atoms in total. The summed E-state index contributed by atoms with van der Waals surface area (Å²) in [6, 6.07) is 9.42. The zero-order valence-electron chi connectivity index (χ0n) is 16.1. The van der Waals surface area contributed by atoms with E-state index in [1.54, 1.807) is 24.3 Å². The number of carboxylic acid groups (broad SMARTS) is 1. The van der Waals surface area contributed by atoms with Gasteiger partial charge in [-0.15, -0.1) is 0 Å². The van der Waals surface area contributed by atoms with Gasteiger partial charge >= 0.3 is 17.9 Å². The molecule has 0 spiro atoms. The first-order valence-electron chi connectivity index (χ1n) is 8.76. The molecule has 0 amide bonds. The Kier molecular flexibility index (Phi) is 8.03. The summed E-state index contributed by atoms with van der Waals surface area (Å²) in [7, 11) is 0. The Morgan fingerprint density at radius 3 is 2.10 bits per heavy atom. The first kappa shape index (κ1) is 23.6. The Morgan fingerprint density at radius 1 is 1.03 bits per heavy atom. The normalized spacial score (nSPS) is 11.1. The second-order valence-corrected chi connectivity index (χ2v) is 9.27. The number of hydrogen-bond acceptors (Lipinski definition) is 5. The van der Waals surface area contributed by atoms with Crippen molar-refractivity contribution >= 4 is 63.1 Å². The molecule has 0 saturated carbocycles. The number of esters is 2. The third kappa shape index (κ3) is 5.91. The number of rotatable bonds is 7. The molecule has 8 heteroatoms. The van der Waals surface area contributed by atoms with Crippen LogP contribution in [-0.2, 0) is 16.1 Å². The van der Waals surface area contributed by atoms with E-state index >= 15 is 0 Å². The minimum absolute atomic E-state index is 0.00302. The van der Waals surface area contributed by atoms with Crippen LogP contribution in [0.25, 0.3) is 0 Å². The van der Waals surface area contributed by atoms with Crippen molar-refractivity contribution in [1.82, 2.24) is 0 Å². The Balaban J connectivity index is 2.15. The molecular formula is C21H20I2O6. The smallest absolute Gasteiger partial charge is 0.339 e. The van der Waals surface area contributed by atoms with E-state index in [1.165, 1.54) is 12.1 Å². The number of benzene rings is 2. The Bertz CT molecular complexity index is 929. The lowest BCUT2D eigenvalue weighted by molar-refractivity contribution is -0.144. The summed E-state index contributed by atoms with van der Waals surface area (Å²) in [5, 5.41) is 9.20. The van der Waals surface area contributed by atoms with Gasteiger partial charge in [-0.25, -0.2) is 9.59 Å². The van der Waals surface area contributed by atoms with Crippen molar-refractivity contribution < 1.29 is 29.0 Å². The minimum Gasteiger partial charge on any atom is -0.478 e. The lowest BCUT2D eigenvalue weighted by Crippen LogP contribution is -2.28. The zero-order valence-corrected chi connectivity index (χ0v) is 20.4. The van der Waals surface area contributed by atoms with Gasteiger partial charge in [-0.2, -0.15) is 0 Å². The van der Waals surface area contributed by atoms with Gasteiger partial charge in [0.25, 0.3) is 0 Å². The van der Waals surface area contributed by atoms with Crippen molar-refractivity contribution in [2.45, 2.75) is 33.8 Å². The summed E-state index contributed by atoms with van der Waals surface area (Å²) in [6.45, 7) is 5.56. The zero-order chi connectivity index (χ0) is 21.8. The quantitative estimate of drug-likeness (QED) is 0.257. The molecule has 2 aromatic carbocycles. The van der Waals surface area contributed by atoms with E-state index in [4.69, 9.17) is 9.47 Å². The van der Waals surface area contributed by atoms with E-state index in [9.17, 15) is 19.5 Å². The molecule has 0 aliphatic carbocycles. The summed E-state index contributed by atoms with van der Waals surface area (Å²) in [5.74, 6) is -1.74. The molecule has 0 saturated heterocycles. The van der Waals surface area contributed by atoms with Gasteiger partial charge in [0.2, 0.25) is 0 Å². The van der Waals surface area contributed by atoms with Gasteiger partial charge in [0.15, 0.2) is 5.75 Å². The molecule has 154 valence electrons. The number of carbonyl (C=O) groups excluding carboxylic acids is 2. The molecule has 0 aromatic heterocycles. The number of hydrogen-bond donors (Lipinski definition) is 1. The van der Waals surface area contributed by atoms with Crippen molar-refractivity contribution in [2.24, 2.45) is 5.41 Å². The molecule has 0 heterocycles. The Hall–Kier alpha value is -1.69. The van der Waals surface area contributed by atoms with Crippen LogP contribution in [0.2, 0.25) is 0 Å². The second-order valence-electron chi connectivity index (χ2n) is 6.94. The van der Waals surface area contributed by atoms with E-state index in [0.29, 0.717) is 24.9 Å². The van der Waals surface area contributed by atoms with Gasteiger partial charge < -0.3 is 14.6 Å². The maximum Gasteiger partial charge on any atom is 0.339 e. The molecule has 0 atom stereocenters. The van der Waals surface area contributed by atoms with Crippen LogP contribution in [0.5, 0.6) is 5.75 Å². The molecule has 1 N–H and O–H groups in total. The number of carboxylic acids is 1. The predicted octanol–water partition coefficient (Wildman–Crippen LogP) is 5.29. The molecule has 0 bridgehead atoms. The van der Waals surface area contributed by atoms with Crippen LogP contribution in [-0.4, -0.2) is 23.0 Å². The lowest BCUT2D eigenvalue weighted by Gasteiger charge is -2.21. The fourth-order valence-corrected chi connectivity index (χ4v) is 4.36. The van der Waals surface area contributed by atoms with E-state index in [0.717, 1.165) is 0 Å².